The monoisotopic (exact) mass is 409 g/mol. The van der Waals surface area contributed by atoms with E-state index in [4.69, 9.17) is 4.98 Å². The maximum absolute atomic E-state index is 13.0. The summed E-state index contributed by atoms with van der Waals surface area (Å²) in [6.45, 7) is 0. The molecule has 1 aliphatic carbocycles. The number of carbonyl (C=O) groups excluding carboxylic acids is 1. The number of amides is 1. The number of rotatable bonds is 5. The molecule has 1 fully saturated rings. The number of halogens is 1. The van der Waals surface area contributed by atoms with Gasteiger partial charge in [0, 0.05) is 35.3 Å². The topological polar surface area (TPSA) is 45.2 Å². The van der Waals surface area contributed by atoms with Crippen LogP contribution in [0.1, 0.15) is 42.5 Å². The summed E-state index contributed by atoms with van der Waals surface area (Å²) in [5.41, 5.74) is 3.08. The van der Waals surface area contributed by atoms with E-state index in [1.807, 2.05) is 24.3 Å². The second-order valence-electron chi connectivity index (χ2n) is 7.46. The lowest BCUT2D eigenvalue weighted by Crippen LogP contribution is -2.33. The molecule has 29 heavy (non-hydrogen) atoms. The fourth-order valence-electron chi connectivity index (χ4n) is 3.71. The molecule has 3 aromatic rings. The van der Waals surface area contributed by atoms with Gasteiger partial charge >= 0.3 is 0 Å². The molecule has 0 aliphatic heterocycles. The summed E-state index contributed by atoms with van der Waals surface area (Å²) in [5.74, 6) is -0.620. The van der Waals surface area contributed by atoms with Crippen molar-refractivity contribution in [2.75, 3.05) is 17.3 Å². The fraction of sp³-hybridized carbons (Fsp3) is 0.304. The predicted octanol–water partition coefficient (Wildman–Crippen LogP) is 5.97. The average Bonchev–Trinajstić information content (AvgIpc) is 3.25. The van der Waals surface area contributed by atoms with E-state index in [0.29, 0.717) is 17.3 Å². The Morgan fingerprint density at radius 3 is 2.45 bits per heavy atom. The number of hydrogen-bond donors (Lipinski definition) is 1. The van der Waals surface area contributed by atoms with Gasteiger partial charge in [-0.05, 0) is 49.2 Å². The Bertz CT molecular complexity index is 963. The Morgan fingerprint density at radius 2 is 1.76 bits per heavy atom. The molecule has 1 aromatic heterocycles. The number of benzene rings is 2. The Morgan fingerprint density at radius 1 is 1.07 bits per heavy atom. The van der Waals surface area contributed by atoms with Crippen LogP contribution in [0.5, 0.6) is 0 Å². The highest BCUT2D eigenvalue weighted by molar-refractivity contribution is 7.14. The molecule has 1 N–H and O–H groups in total. The van der Waals surface area contributed by atoms with E-state index in [0.717, 1.165) is 16.4 Å². The van der Waals surface area contributed by atoms with E-state index in [-0.39, 0.29) is 11.7 Å². The van der Waals surface area contributed by atoms with Gasteiger partial charge in [-0.25, -0.2) is 9.37 Å². The summed E-state index contributed by atoms with van der Waals surface area (Å²) in [4.78, 5) is 19.4. The smallest absolute Gasteiger partial charge is 0.255 e. The molecule has 0 radical (unpaired) electrons. The Balaban J connectivity index is 1.42. The van der Waals surface area contributed by atoms with Crippen molar-refractivity contribution >= 4 is 28.1 Å². The zero-order valence-electron chi connectivity index (χ0n) is 16.4. The van der Waals surface area contributed by atoms with Crippen LogP contribution >= 0.6 is 11.3 Å². The Labute approximate surface area is 174 Å². The molecule has 1 heterocycles. The van der Waals surface area contributed by atoms with Crippen molar-refractivity contribution in [3.63, 3.8) is 0 Å². The van der Waals surface area contributed by atoms with Gasteiger partial charge in [-0.3, -0.25) is 4.79 Å². The SMILES string of the molecule is CN(c1nc(-c2ccc(NC(=O)c3ccc(F)cc3)cc2)cs1)C1CCCCC1. The van der Waals surface area contributed by atoms with E-state index < -0.39 is 0 Å². The van der Waals surface area contributed by atoms with Gasteiger partial charge in [-0.15, -0.1) is 11.3 Å². The van der Waals surface area contributed by atoms with Crippen molar-refractivity contribution in [2.24, 2.45) is 0 Å². The lowest BCUT2D eigenvalue weighted by molar-refractivity contribution is 0.102. The van der Waals surface area contributed by atoms with Crippen LogP contribution in [0.3, 0.4) is 0 Å². The Hall–Kier alpha value is -2.73. The number of aromatic nitrogens is 1. The third kappa shape index (κ3) is 4.65. The zero-order chi connectivity index (χ0) is 20.2. The van der Waals surface area contributed by atoms with Gasteiger partial charge in [-0.1, -0.05) is 31.4 Å². The minimum absolute atomic E-state index is 0.261. The van der Waals surface area contributed by atoms with Crippen molar-refractivity contribution in [3.8, 4) is 11.3 Å². The van der Waals surface area contributed by atoms with Crippen LogP contribution in [0.25, 0.3) is 11.3 Å². The van der Waals surface area contributed by atoms with Crippen LogP contribution in [0, 0.1) is 5.82 Å². The van der Waals surface area contributed by atoms with Crippen molar-refractivity contribution in [3.05, 3.63) is 65.3 Å². The van der Waals surface area contributed by atoms with E-state index >= 15 is 0 Å². The highest BCUT2D eigenvalue weighted by atomic mass is 32.1. The molecular formula is C23H24FN3OS. The molecule has 0 atom stereocenters. The normalized spacial score (nSPS) is 14.6. The molecule has 0 spiro atoms. The molecule has 4 rings (SSSR count). The van der Waals surface area contributed by atoms with Crippen LogP contribution in [0.4, 0.5) is 15.2 Å². The zero-order valence-corrected chi connectivity index (χ0v) is 17.2. The van der Waals surface area contributed by atoms with Crippen LogP contribution in [-0.2, 0) is 0 Å². The number of thiazole rings is 1. The summed E-state index contributed by atoms with van der Waals surface area (Å²) in [6, 6.07) is 13.7. The van der Waals surface area contributed by atoms with E-state index in [2.05, 4.69) is 22.6 Å². The van der Waals surface area contributed by atoms with Crippen molar-refractivity contribution in [1.29, 1.82) is 0 Å². The van der Waals surface area contributed by atoms with Crippen molar-refractivity contribution < 1.29 is 9.18 Å². The third-order valence-corrected chi connectivity index (χ3v) is 6.39. The summed E-state index contributed by atoms with van der Waals surface area (Å²) in [7, 11) is 2.15. The fourth-order valence-corrected chi connectivity index (χ4v) is 4.58. The van der Waals surface area contributed by atoms with Gasteiger partial charge in [0.1, 0.15) is 5.82 Å². The number of nitrogens with one attached hydrogen (secondary N) is 1. The van der Waals surface area contributed by atoms with Crippen LogP contribution in [0.2, 0.25) is 0 Å². The van der Waals surface area contributed by atoms with Gasteiger partial charge < -0.3 is 10.2 Å². The number of anilines is 2. The first-order valence-electron chi connectivity index (χ1n) is 9.96. The molecule has 6 heteroatoms. The highest BCUT2D eigenvalue weighted by Crippen LogP contribution is 2.31. The molecule has 2 aromatic carbocycles. The van der Waals surface area contributed by atoms with E-state index in [1.165, 1.54) is 56.4 Å². The van der Waals surface area contributed by atoms with Crippen LogP contribution in [-0.4, -0.2) is 24.0 Å². The molecule has 0 unspecified atom stereocenters. The molecule has 0 saturated heterocycles. The first-order chi connectivity index (χ1) is 14.1. The van der Waals surface area contributed by atoms with Crippen LogP contribution < -0.4 is 10.2 Å². The van der Waals surface area contributed by atoms with Gasteiger partial charge in [0.15, 0.2) is 5.13 Å². The molecule has 1 aliphatic rings. The van der Waals surface area contributed by atoms with E-state index in [1.54, 1.807) is 11.3 Å². The quantitative estimate of drug-likeness (QED) is 0.565. The van der Waals surface area contributed by atoms with Gasteiger partial charge in [-0.2, -0.15) is 0 Å². The largest absolute Gasteiger partial charge is 0.348 e. The summed E-state index contributed by atoms with van der Waals surface area (Å²) < 4.78 is 13.0. The lowest BCUT2D eigenvalue weighted by Gasteiger charge is -2.30. The predicted molar refractivity (Wildman–Crippen MR) is 117 cm³/mol. The van der Waals surface area contributed by atoms with E-state index in [9.17, 15) is 9.18 Å². The standard InChI is InChI=1S/C23H24FN3OS/c1-27(20-5-3-2-4-6-20)23-26-21(15-29-23)16-9-13-19(14-10-16)25-22(28)17-7-11-18(24)12-8-17/h7-15,20H,2-6H2,1H3,(H,25,28). The average molecular weight is 410 g/mol. The number of carbonyl (C=O) groups is 1. The van der Waals surface area contributed by atoms with Crippen molar-refractivity contribution in [2.45, 2.75) is 38.1 Å². The minimum atomic E-state index is -0.359. The first kappa shape index (κ1) is 19.6. The summed E-state index contributed by atoms with van der Waals surface area (Å²) in [6.07, 6.45) is 6.44. The van der Waals surface area contributed by atoms with Gasteiger partial charge in [0.2, 0.25) is 0 Å². The minimum Gasteiger partial charge on any atom is -0.348 e. The molecule has 4 nitrogen and oxygen atoms in total. The van der Waals surface area contributed by atoms with Gasteiger partial charge in [0.05, 0.1) is 5.69 Å². The summed E-state index contributed by atoms with van der Waals surface area (Å²) in [5, 5.41) is 5.98. The molecule has 1 saturated carbocycles. The number of hydrogen-bond acceptors (Lipinski definition) is 4. The molecule has 0 bridgehead atoms. The van der Waals surface area contributed by atoms with Crippen LogP contribution in [0.15, 0.2) is 53.9 Å². The van der Waals surface area contributed by atoms with Gasteiger partial charge in [0.25, 0.3) is 5.91 Å². The molecule has 1 amide bonds. The second-order valence-corrected chi connectivity index (χ2v) is 8.29. The van der Waals surface area contributed by atoms with Crippen molar-refractivity contribution in [1.82, 2.24) is 4.98 Å². The third-order valence-electron chi connectivity index (χ3n) is 5.46. The summed E-state index contributed by atoms with van der Waals surface area (Å²) >= 11 is 1.67. The maximum Gasteiger partial charge on any atom is 0.255 e. The number of nitrogens with zero attached hydrogens (tertiary/aromatic N) is 2. The molecular weight excluding hydrogens is 385 g/mol. The second kappa shape index (κ2) is 8.74. The lowest BCUT2D eigenvalue weighted by atomic mass is 9.95. The first-order valence-corrected chi connectivity index (χ1v) is 10.8. The highest BCUT2D eigenvalue weighted by Gasteiger charge is 2.20. The Kier molecular flexibility index (Phi) is 5.90. The molecule has 150 valence electrons. The maximum atomic E-state index is 13.0.